The van der Waals surface area contributed by atoms with E-state index in [0.29, 0.717) is 31.2 Å². The summed E-state index contributed by atoms with van der Waals surface area (Å²) in [5, 5.41) is 0.725. The first kappa shape index (κ1) is 25.4. The molecular weight excluding hydrogens is 484 g/mol. The molecule has 1 saturated heterocycles. The standard InChI is InChI=1S/C30H33ClN4O2/c1-21-7-10-24(17-32-21)30(37)33-19-25-5-3-4-6-29(25)34(22(2)36)16-15-27-13-14-28(20-33)35(27)18-23-8-11-26(31)12-9-23/h3-12,17,27-28H,13-16,18-20H2,1-2H3/t27-,28+/m1/s1. The Hall–Kier alpha value is -3.22. The van der Waals surface area contributed by atoms with Gasteiger partial charge in [0, 0.05) is 67.8 Å². The van der Waals surface area contributed by atoms with Crippen LogP contribution in [0.25, 0.3) is 0 Å². The summed E-state index contributed by atoms with van der Waals surface area (Å²) in [4.78, 5) is 37.4. The summed E-state index contributed by atoms with van der Waals surface area (Å²) < 4.78 is 0. The summed E-state index contributed by atoms with van der Waals surface area (Å²) in [7, 11) is 0. The number of fused-ring (bicyclic) bond motifs is 3. The van der Waals surface area contributed by atoms with Crippen LogP contribution in [0.15, 0.2) is 66.9 Å². The molecule has 2 aliphatic heterocycles. The quantitative estimate of drug-likeness (QED) is 0.463. The van der Waals surface area contributed by atoms with Gasteiger partial charge in [-0.15, -0.1) is 0 Å². The molecule has 0 aliphatic carbocycles. The van der Waals surface area contributed by atoms with E-state index in [0.717, 1.165) is 47.8 Å². The SMILES string of the molecule is CC(=O)N1CC[C@H]2CC[C@@H](CN(C(=O)c3ccc(C)nc3)Cc3ccccc31)N2Cc1ccc(Cl)cc1. The number of benzene rings is 2. The number of carbonyl (C=O) groups excluding carboxylic acids is 2. The normalized spacial score (nSPS) is 20.3. The molecule has 1 aromatic heterocycles. The molecule has 7 heteroatoms. The van der Waals surface area contributed by atoms with Crippen molar-refractivity contribution in [3.05, 3.63) is 94.3 Å². The molecule has 2 atom stereocenters. The second kappa shape index (κ2) is 11.0. The van der Waals surface area contributed by atoms with Gasteiger partial charge < -0.3 is 9.80 Å². The van der Waals surface area contributed by atoms with Crippen LogP contribution in [0.3, 0.4) is 0 Å². The second-order valence-corrected chi connectivity index (χ2v) is 10.6. The maximum atomic E-state index is 13.8. The molecular formula is C30H33ClN4O2. The van der Waals surface area contributed by atoms with Crippen LogP contribution in [0.4, 0.5) is 5.69 Å². The molecule has 3 heterocycles. The fourth-order valence-corrected chi connectivity index (χ4v) is 5.80. The van der Waals surface area contributed by atoms with Crippen LogP contribution >= 0.6 is 11.6 Å². The number of rotatable bonds is 3. The maximum absolute atomic E-state index is 13.8. The first-order valence-corrected chi connectivity index (χ1v) is 13.3. The smallest absolute Gasteiger partial charge is 0.255 e. The fourth-order valence-electron chi connectivity index (χ4n) is 5.67. The Morgan fingerprint density at radius 3 is 2.46 bits per heavy atom. The summed E-state index contributed by atoms with van der Waals surface area (Å²) in [6.07, 6.45) is 4.60. The van der Waals surface area contributed by atoms with E-state index in [9.17, 15) is 9.59 Å². The first-order valence-electron chi connectivity index (χ1n) is 13.0. The summed E-state index contributed by atoms with van der Waals surface area (Å²) in [5.74, 6) is -0.0167. The van der Waals surface area contributed by atoms with Gasteiger partial charge in [0.25, 0.3) is 5.91 Å². The summed E-state index contributed by atoms with van der Waals surface area (Å²) >= 11 is 6.14. The van der Waals surface area contributed by atoms with Crippen LogP contribution in [-0.4, -0.2) is 51.8 Å². The number of anilines is 1. The van der Waals surface area contributed by atoms with Crippen molar-refractivity contribution in [3.63, 3.8) is 0 Å². The van der Waals surface area contributed by atoms with E-state index in [4.69, 9.17) is 11.6 Å². The lowest BCUT2D eigenvalue weighted by atomic mass is 10.1. The van der Waals surface area contributed by atoms with Crippen molar-refractivity contribution in [2.45, 2.75) is 58.3 Å². The minimum Gasteiger partial charge on any atom is -0.333 e. The van der Waals surface area contributed by atoms with Gasteiger partial charge in [0.05, 0.1) is 5.56 Å². The van der Waals surface area contributed by atoms with E-state index >= 15 is 0 Å². The van der Waals surface area contributed by atoms with Crippen LogP contribution in [0, 0.1) is 6.92 Å². The van der Waals surface area contributed by atoms with Gasteiger partial charge in [-0.3, -0.25) is 19.5 Å². The van der Waals surface area contributed by atoms with Gasteiger partial charge in [0.1, 0.15) is 0 Å². The highest BCUT2D eigenvalue weighted by Gasteiger charge is 2.36. The molecule has 3 aromatic rings. The van der Waals surface area contributed by atoms with Gasteiger partial charge in [0.15, 0.2) is 0 Å². The monoisotopic (exact) mass is 516 g/mol. The molecule has 2 bridgehead atoms. The van der Waals surface area contributed by atoms with Gasteiger partial charge in [-0.1, -0.05) is 41.9 Å². The Labute approximate surface area is 223 Å². The average Bonchev–Trinajstić information content (AvgIpc) is 3.25. The molecule has 1 fully saturated rings. The molecule has 6 nitrogen and oxygen atoms in total. The molecule has 192 valence electrons. The highest BCUT2D eigenvalue weighted by Crippen LogP contribution is 2.33. The predicted octanol–water partition coefficient (Wildman–Crippen LogP) is 5.48. The topological polar surface area (TPSA) is 56.8 Å². The van der Waals surface area contributed by atoms with Crippen LogP contribution < -0.4 is 4.90 Å². The molecule has 0 spiro atoms. The van der Waals surface area contributed by atoms with Gasteiger partial charge >= 0.3 is 0 Å². The van der Waals surface area contributed by atoms with E-state index in [1.165, 1.54) is 5.56 Å². The van der Waals surface area contributed by atoms with Crippen molar-refractivity contribution in [3.8, 4) is 0 Å². The third kappa shape index (κ3) is 5.71. The maximum Gasteiger partial charge on any atom is 0.255 e. The Morgan fingerprint density at radius 1 is 0.973 bits per heavy atom. The fraction of sp³-hybridized carbons (Fsp3) is 0.367. The lowest BCUT2D eigenvalue weighted by Crippen LogP contribution is -2.45. The number of amides is 2. The van der Waals surface area contributed by atoms with E-state index < -0.39 is 0 Å². The number of nitrogens with zero attached hydrogens (tertiary/aromatic N) is 4. The van der Waals surface area contributed by atoms with Gasteiger partial charge in [0.2, 0.25) is 5.91 Å². The molecule has 5 rings (SSSR count). The molecule has 2 amide bonds. The third-order valence-electron chi connectivity index (χ3n) is 7.64. The van der Waals surface area contributed by atoms with E-state index in [1.807, 2.05) is 65.3 Å². The number of hydrogen-bond donors (Lipinski definition) is 0. The number of carbonyl (C=O) groups is 2. The zero-order valence-corrected chi connectivity index (χ0v) is 22.2. The number of para-hydroxylation sites is 1. The van der Waals surface area contributed by atoms with Crippen molar-refractivity contribution in [1.82, 2.24) is 14.8 Å². The lowest BCUT2D eigenvalue weighted by molar-refractivity contribution is -0.116. The van der Waals surface area contributed by atoms with Crippen LogP contribution in [-0.2, 0) is 17.9 Å². The summed E-state index contributed by atoms with van der Waals surface area (Å²) in [6, 6.07) is 20.3. The number of halogens is 1. The molecule has 2 aromatic carbocycles. The number of aryl methyl sites for hydroxylation is 1. The Morgan fingerprint density at radius 2 is 1.73 bits per heavy atom. The van der Waals surface area contributed by atoms with E-state index in [-0.39, 0.29) is 17.9 Å². The van der Waals surface area contributed by atoms with Crippen molar-refractivity contribution in [2.75, 3.05) is 18.0 Å². The van der Waals surface area contributed by atoms with Gasteiger partial charge in [-0.25, -0.2) is 0 Å². The predicted molar refractivity (Wildman–Crippen MR) is 147 cm³/mol. The number of hydrogen-bond acceptors (Lipinski definition) is 4. The van der Waals surface area contributed by atoms with Crippen molar-refractivity contribution in [1.29, 1.82) is 0 Å². The van der Waals surface area contributed by atoms with Crippen LogP contribution in [0.5, 0.6) is 0 Å². The number of pyridine rings is 1. The second-order valence-electron chi connectivity index (χ2n) is 10.1. The van der Waals surface area contributed by atoms with Gasteiger partial charge in [-0.05, 0) is 67.6 Å². The van der Waals surface area contributed by atoms with Gasteiger partial charge in [-0.2, -0.15) is 0 Å². The highest BCUT2D eigenvalue weighted by atomic mass is 35.5. The first-order chi connectivity index (χ1) is 17.9. The van der Waals surface area contributed by atoms with Crippen molar-refractivity contribution in [2.24, 2.45) is 0 Å². The van der Waals surface area contributed by atoms with E-state index in [2.05, 4.69) is 22.0 Å². The molecule has 0 saturated carbocycles. The summed E-state index contributed by atoms with van der Waals surface area (Å²) in [6.45, 7) is 6.03. The molecule has 37 heavy (non-hydrogen) atoms. The molecule has 0 radical (unpaired) electrons. The van der Waals surface area contributed by atoms with E-state index in [1.54, 1.807) is 13.1 Å². The lowest BCUT2D eigenvalue weighted by Gasteiger charge is -2.34. The molecule has 0 N–H and O–H groups in total. The molecule has 0 unspecified atom stereocenters. The van der Waals surface area contributed by atoms with Crippen LogP contribution in [0.1, 0.15) is 53.4 Å². The zero-order chi connectivity index (χ0) is 25.9. The Kier molecular flexibility index (Phi) is 7.58. The third-order valence-corrected chi connectivity index (χ3v) is 7.89. The minimum atomic E-state index is -0.0363. The average molecular weight is 517 g/mol. The molecule has 2 aliphatic rings. The highest BCUT2D eigenvalue weighted by molar-refractivity contribution is 6.30. The number of aromatic nitrogens is 1. The Balaban J connectivity index is 1.53. The minimum absolute atomic E-state index is 0.0195. The van der Waals surface area contributed by atoms with Crippen molar-refractivity contribution < 1.29 is 9.59 Å². The largest absolute Gasteiger partial charge is 0.333 e. The zero-order valence-electron chi connectivity index (χ0n) is 21.4. The van der Waals surface area contributed by atoms with Crippen molar-refractivity contribution >= 4 is 29.1 Å². The Bertz CT molecular complexity index is 1260. The van der Waals surface area contributed by atoms with Crippen LogP contribution in [0.2, 0.25) is 5.02 Å². The summed E-state index contributed by atoms with van der Waals surface area (Å²) in [5.41, 5.74) is 4.53.